The molecule has 0 fully saturated rings. The molecule has 7 nitrogen and oxygen atoms in total. The second-order valence-corrected chi connectivity index (χ2v) is 8.72. The molecule has 0 radical (unpaired) electrons. The number of aryl methyl sites for hydroxylation is 2. The van der Waals surface area contributed by atoms with E-state index < -0.39 is 17.7 Å². The van der Waals surface area contributed by atoms with Crippen molar-refractivity contribution in [1.29, 1.82) is 0 Å². The molecule has 4 aromatic rings. The van der Waals surface area contributed by atoms with Crippen LogP contribution in [-0.4, -0.2) is 40.9 Å². The summed E-state index contributed by atoms with van der Waals surface area (Å²) in [7, 11) is 1.48. The van der Waals surface area contributed by atoms with Gasteiger partial charge in [0.15, 0.2) is 5.60 Å². The van der Waals surface area contributed by atoms with Gasteiger partial charge in [0.05, 0.1) is 13.7 Å². The highest BCUT2D eigenvalue weighted by Gasteiger charge is 2.50. The Bertz CT molecular complexity index is 1270. The first kappa shape index (κ1) is 25.9. The summed E-state index contributed by atoms with van der Waals surface area (Å²) < 4.78 is 17.9. The number of nitrogens with zero attached hydrogens (tertiary/aromatic N) is 2. The fraction of sp³-hybridized carbons (Fsp3) is 0.233. The van der Waals surface area contributed by atoms with E-state index in [1.54, 1.807) is 13.0 Å². The number of hydrogen-bond donors (Lipinski definition) is 1. The third-order valence-corrected chi connectivity index (χ3v) is 6.08. The van der Waals surface area contributed by atoms with Gasteiger partial charge >= 0.3 is 12.0 Å². The van der Waals surface area contributed by atoms with Crippen molar-refractivity contribution in [2.24, 2.45) is 0 Å². The van der Waals surface area contributed by atoms with Crippen molar-refractivity contribution in [1.82, 2.24) is 9.97 Å². The summed E-state index contributed by atoms with van der Waals surface area (Å²) in [5.74, 6) is -0.941. The number of aromatic nitrogens is 2. The third kappa shape index (κ3) is 5.95. The Morgan fingerprint density at radius 1 is 0.892 bits per heavy atom. The first-order valence-electron chi connectivity index (χ1n) is 12.0. The number of rotatable bonds is 11. The summed E-state index contributed by atoms with van der Waals surface area (Å²) in [6.45, 7) is 4.04. The van der Waals surface area contributed by atoms with Crippen molar-refractivity contribution in [3.05, 3.63) is 119 Å². The molecule has 190 valence electrons. The van der Waals surface area contributed by atoms with E-state index in [1.807, 2.05) is 91.9 Å². The predicted octanol–water partition coefficient (Wildman–Crippen LogP) is 5.14. The molecule has 1 heterocycles. The molecule has 0 saturated heterocycles. The molecule has 0 aliphatic heterocycles. The van der Waals surface area contributed by atoms with Crippen LogP contribution >= 0.6 is 0 Å². The Kier molecular flexibility index (Phi) is 8.15. The number of carboxylic acid groups (broad SMARTS) is 1. The summed E-state index contributed by atoms with van der Waals surface area (Å²) >= 11 is 0. The van der Waals surface area contributed by atoms with E-state index in [9.17, 15) is 9.90 Å². The monoisotopic (exact) mass is 498 g/mol. The number of aliphatic carboxylic acids is 1. The van der Waals surface area contributed by atoms with Crippen molar-refractivity contribution in [3.63, 3.8) is 0 Å². The average molecular weight is 499 g/mol. The number of carboxylic acids is 1. The normalized spacial score (nSPS) is 12.1. The van der Waals surface area contributed by atoms with Crippen LogP contribution in [0.25, 0.3) is 0 Å². The number of hydrogen-bond acceptors (Lipinski definition) is 6. The Morgan fingerprint density at radius 2 is 1.49 bits per heavy atom. The summed E-state index contributed by atoms with van der Waals surface area (Å²) in [6.07, 6.45) is -0.926. The van der Waals surface area contributed by atoms with Crippen LogP contribution in [0.5, 0.6) is 11.9 Å². The molecule has 1 N–H and O–H groups in total. The second kappa shape index (κ2) is 11.7. The van der Waals surface area contributed by atoms with Crippen LogP contribution < -0.4 is 9.47 Å². The Morgan fingerprint density at radius 3 is 2.03 bits per heavy atom. The zero-order valence-corrected chi connectivity index (χ0v) is 21.1. The van der Waals surface area contributed by atoms with Gasteiger partial charge in [0.1, 0.15) is 0 Å². The standard InChI is InChI=1S/C30H30N2O5/c1-21-14-16-23(17-15-21)18-19-36-30(24-10-6-4-7-11-24,25-12-8-5-9-13-25)27(28(33)34)37-29-31-22(2)20-26(32-29)35-3/h4-17,20,27H,18-19H2,1-3H3,(H,33,34). The van der Waals surface area contributed by atoms with Gasteiger partial charge in [-0.25, -0.2) is 9.78 Å². The van der Waals surface area contributed by atoms with Gasteiger partial charge < -0.3 is 19.3 Å². The lowest BCUT2D eigenvalue weighted by atomic mass is 9.81. The predicted molar refractivity (Wildman–Crippen MR) is 140 cm³/mol. The van der Waals surface area contributed by atoms with E-state index in [0.29, 0.717) is 23.2 Å². The van der Waals surface area contributed by atoms with Crippen molar-refractivity contribution in [3.8, 4) is 11.9 Å². The summed E-state index contributed by atoms with van der Waals surface area (Å²) in [4.78, 5) is 21.5. The molecule has 1 unspecified atom stereocenters. The molecule has 4 rings (SSSR count). The van der Waals surface area contributed by atoms with Crippen LogP contribution in [0.3, 0.4) is 0 Å². The maximum atomic E-state index is 12.9. The van der Waals surface area contributed by atoms with Crippen molar-refractivity contribution >= 4 is 5.97 Å². The van der Waals surface area contributed by atoms with Crippen LogP contribution in [0.2, 0.25) is 0 Å². The van der Waals surface area contributed by atoms with Crippen LogP contribution in [0, 0.1) is 13.8 Å². The minimum absolute atomic E-state index is 0.109. The first-order chi connectivity index (χ1) is 17.9. The molecule has 1 aromatic heterocycles. The highest BCUT2D eigenvalue weighted by molar-refractivity contribution is 5.76. The smallest absolute Gasteiger partial charge is 0.348 e. The lowest BCUT2D eigenvalue weighted by Crippen LogP contribution is -2.51. The van der Waals surface area contributed by atoms with E-state index in [-0.39, 0.29) is 18.5 Å². The summed E-state index contributed by atoms with van der Waals surface area (Å²) in [5.41, 5.74) is 2.60. The lowest BCUT2D eigenvalue weighted by molar-refractivity contribution is -0.164. The molecule has 0 aliphatic carbocycles. The van der Waals surface area contributed by atoms with E-state index in [2.05, 4.69) is 9.97 Å². The van der Waals surface area contributed by atoms with E-state index >= 15 is 0 Å². The molecule has 0 bridgehead atoms. The van der Waals surface area contributed by atoms with Crippen molar-refractivity contribution < 1.29 is 24.1 Å². The van der Waals surface area contributed by atoms with Crippen LogP contribution in [0.4, 0.5) is 0 Å². The quantitative estimate of drug-likeness (QED) is 0.306. The van der Waals surface area contributed by atoms with Crippen LogP contribution in [-0.2, 0) is 21.6 Å². The van der Waals surface area contributed by atoms with E-state index in [1.165, 1.54) is 12.7 Å². The highest BCUT2D eigenvalue weighted by Crippen LogP contribution is 2.39. The molecule has 37 heavy (non-hydrogen) atoms. The van der Waals surface area contributed by atoms with Crippen LogP contribution in [0.15, 0.2) is 91.0 Å². The minimum atomic E-state index is -1.51. The number of ether oxygens (including phenoxy) is 3. The number of benzene rings is 3. The molecule has 7 heteroatoms. The molecule has 3 aromatic carbocycles. The molecule has 1 atom stereocenters. The van der Waals surface area contributed by atoms with Crippen molar-refractivity contribution in [2.45, 2.75) is 32.0 Å². The van der Waals surface area contributed by atoms with Gasteiger partial charge in [0.25, 0.3) is 0 Å². The third-order valence-electron chi connectivity index (χ3n) is 6.08. The fourth-order valence-electron chi connectivity index (χ4n) is 4.25. The summed E-state index contributed by atoms with van der Waals surface area (Å²) in [6, 6.07) is 28.2. The SMILES string of the molecule is COc1cc(C)nc(OC(C(=O)O)C(OCCc2ccc(C)cc2)(c2ccccc2)c2ccccc2)n1. The second-order valence-electron chi connectivity index (χ2n) is 8.72. The lowest BCUT2D eigenvalue weighted by Gasteiger charge is -2.39. The van der Waals surface area contributed by atoms with Crippen molar-refractivity contribution in [2.75, 3.05) is 13.7 Å². The average Bonchev–Trinajstić information content (AvgIpc) is 2.92. The zero-order chi connectivity index (χ0) is 26.3. The fourth-order valence-corrected chi connectivity index (χ4v) is 4.25. The maximum Gasteiger partial charge on any atom is 0.348 e. The van der Waals surface area contributed by atoms with Gasteiger partial charge in [-0.1, -0.05) is 90.5 Å². The Balaban J connectivity index is 1.82. The zero-order valence-electron chi connectivity index (χ0n) is 21.1. The topological polar surface area (TPSA) is 90.8 Å². The van der Waals surface area contributed by atoms with Gasteiger partial charge in [-0.15, -0.1) is 0 Å². The van der Waals surface area contributed by atoms with Crippen LogP contribution in [0.1, 0.15) is 27.9 Å². The summed E-state index contributed by atoms with van der Waals surface area (Å²) in [5, 5.41) is 10.5. The van der Waals surface area contributed by atoms with E-state index in [4.69, 9.17) is 14.2 Å². The molecular weight excluding hydrogens is 468 g/mol. The van der Waals surface area contributed by atoms with Gasteiger partial charge in [0.2, 0.25) is 12.0 Å². The van der Waals surface area contributed by atoms with Gasteiger partial charge in [-0.05, 0) is 37.0 Å². The maximum absolute atomic E-state index is 12.9. The number of methoxy groups -OCH3 is 1. The molecule has 0 aliphatic rings. The Hall–Kier alpha value is -4.23. The van der Waals surface area contributed by atoms with Gasteiger partial charge in [0, 0.05) is 11.8 Å². The molecular formula is C30H30N2O5. The van der Waals surface area contributed by atoms with Gasteiger partial charge in [-0.3, -0.25) is 0 Å². The molecule has 0 amide bonds. The van der Waals surface area contributed by atoms with E-state index in [0.717, 1.165) is 5.56 Å². The Labute approximate surface area is 216 Å². The molecule has 0 saturated carbocycles. The largest absolute Gasteiger partial charge is 0.481 e. The van der Waals surface area contributed by atoms with Gasteiger partial charge in [-0.2, -0.15) is 4.98 Å². The first-order valence-corrected chi connectivity index (χ1v) is 12.0. The minimum Gasteiger partial charge on any atom is -0.481 e. The highest BCUT2D eigenvalue weighted by atomic mass is 16.6. The number of carbonyl (C=O) groups is 1. The molecule has 0 spiro atoms.